The first-order valence-electron chi connectivity index (χ1n) is 4.99. The van der Waals surface area contributed by atoms with Crippen LogP contribution < -0.4 is 0 Å². The molecule has 0 aromatic heterocycles. The third-order valence-electron chi connectivity index (χ3n) is 1.75. The second-order valence-electron chi connectivity index (χ2n) is 4.04. The van der Waals surface area contributed by atoms with E-state index in [4.69, 9.17) is 9.84 Å². The summed E-state index contributed by atoms with van der Waals surface area (Å²) in [7, 11) is 0. The Morgan fingerprint density at radius 3 is 2.33 bits per heavy atom. The Labute approximate surface area is 89.9 Å². The van der Waals surface area contributed by atoms with Crippen LogP contribution in [0.3, 0.4) is 0 Å². The second-order valence-corrected chi connectivity index (χ2v) is 4.04. The summed E-state index contributed by atoms with van der Waals surface area (Å²) >= 11 is 0. The molecule has 0 heterocycles. The molecule has 0 aromatic rings. The average molecular weight is 214 g/mol. The lowest BCUT2D eigenvalue weighted by molar-refractivity contribution is -0.140. The summed E-state index contributed by atoms with van der Waals surface area (Å²) in [6.07, 6.45) is 2.68. The number of carboxylic acids is 1. The summed E-state index contributed by atoms with van der Waals surface area (Å²) in [5, 5.41) is 8.26. The van der Waals surface area contributed by atoms with E-state index in [1.54, 1.807) is 0 Å². The highest BCUT2D eigenvalue weighted by molar-refractivity contribution is 5.90. The topological polar surface area (TPSA) is 63.6 Å². The fourth-order valence-electron chi connectivity index (χ4n) is 1.28. The van der Waals surface area contributed by atoms with E-state index >= 15 is 0 Å². The summed E-state index contributed by atoms with van der Waals surface area (Å²) in [4.78, 5) is 21.1. The van der Waals surface area contributed by atoms with Crippen molar-refractivity contribution in [3.8, 4) is 0 Å². The van der Waals surface area contributed by atoms with Gasteiger partial charge < -0.3 is 9.84 Å². The molecule has 0 saturated heterocycles. The first-order valence-corrected chi connectivity index (χ1v) is 4.99. The van der Waals surface area contributed by atoms with Crippen molar-refractivity contribution in [1.29, 1.82) is 0 Å². The molecule has 15 heavy (non-hydrogen) atoms. The molecule has 0 radical (unpaired) electrons. The van der Waals surface area contributed by atoms with Crippen LogP contribution in [0.5, 0.6) is 0 Å². The molecule has 0 saturated carbocycles. The van der Waals surface area contributed by atoms with E-state index in [1.807, 2.05) is 6.92 Å². The molecule has 0 rings (SSSR count). The Morgan fingerprint density at radius 1 is 1.27 bits per heavy atom. The molecule has 1 unspecified atom stereocenters. The Balaban J connectivity index is 3.75. The molecule has 0 fully saturated rings. The maximum absolute atomic E-state index is 11.0. The highest BCUT2D eigenvalue weighted by atomic mass is 16.5. The Morgan fingerprint density at radius 2 is 1.87 bits per heavy atom. The van der Waals surface area contributed by atoms with E-state index in [9.17, 15) is 9.59 Å². The SMILES string of the molecule is CC(C)CC(C)COC(=O)C=CC(=O)O. The smallest absolute Gasteiger partial charge is 0.331 e. The molecule has 0 spiro atoms. The van der Waals surface area contributed by atoms with Gasteiger partial charge in [0.15, 0.2) is 0 Å². The summed E-state index contributed by atoms with van der Waals surface area (Å²) in [6, 6.07) is 0. The van der Waals surface area contributed by atoms with Gasteiger partial charge in [-0.1, -0.05) is 20.8 Å². The van der Waals surface area contributed by atoms with Crippen molar-refractivity contribution in [3.05, 3.63) is 12.2 Å². The van der Waals surface area contributed by atoms with Gasteiger partial charge in [-0.25, -0.2) is 9.59 Å². The van der Waals surface area contributed by atoms with Crippen molar-refractivity contribution in [2.45, 2.75) is 27.2 Å². The fraction of sp³-hybridized carbons (Fsp3) is 0.636. The van der Waals surface area contributed by atoms with E-state index in [2.05, 4.69) is 13.8 Å². The van der Waals surface area contributed by atoms with Crippen LogP contribution in [0.25, 0.3) is 0 Å². The summed E-state index contributed by atoms with van der Waals surface area (Å²) < 4.78 is 4.87. The number of carbonyl (C=O) groups is 2. The van der Waals surface area contributed by atoms with E-state index in [-0.39, 0.29) is 0 Å². The van der Waals surface area contributed by atoms with Gasteiger partial charge in [-0.3, -0.25) is 0 Å². The number of ether oxygens (including phenoxy) is 1. The molecule has 0 aliphatic heterocycles. The Kier molecular flexibility index (Phi) is 6.42. The van der Waals surface area contributed by atoms with Crippen LogP contribution in [0, 0.1) is 11.8 Å². The van der Waals surface area contributed by atoms with Gasteiger partial charge in [0.2, 0.25) is 0 Å². The molecule has 0 amide bonds. The Bertz CT molecular complexity index is 243. The number of aliphatic carboxylic acids is 1. The number of carbonyl (C=O) groups excluding carboxylic acids is 1. The number of hydrogen-bond acceptors (Lipinski definition) is 3. The van der Waals surface area contributed by atoms with Crippen LogP contribution in [-0.2, 0) is 14.3 Å². The predicted octanol–water partition coefficient (Wildman–Crippen LogP) is 1.85. The van der Waals surface area contributed by atoms with Gasteiger partial charge >= 0.3 is 11.9 Å². The predicted molar refractivity (Wildman–Crippen MR) is 56.4 cm³/mol. The van der Waals surface area contributed by atoms with Gasteiger partial charge in [0.25, 0.3) is 0 Å². The Hall–Kier alpha value is -1.32. The quantitative estimate of drug-likeness (QED) is 0.541. The molecule has 0 aliphatic rings. The second kappa shape index (κ2) is 7.04. The minimum absolute atomic E-state index is 0.298. The lowest BCUT2D eigenvalue weighted by atomic mass is 10.00. The number of rotatable bonds is 6. The first-order chi connectivity index (χ1) is 6.91. The van der Waals surface area contributed by atoms with Gasteiger partial charge in [-0.15, -0.1) is 0 Å². The monoisotopic (exact) mass is 214 g/mol. The molecule has 4 heteroatoms. The van der Waals surface area contributed by atoms with Crippen LogP contribution in [0.2, 0.25) is 0 Å². The van der Waals surface area contributed by atoms with Crippen molar-refractivity contribution >= 4 is 11.9 Å². The summed E-state index contributed by atoms with van der Waals surface area (Å²) in [6.45, 7) is 6.53. The maximum Gasteiger partial charge on any atom is 0.331 e. The zero-order valence-corrected chi connectivity index (χ0v) is 9.40. The van der Waals surface area contributed by atoms with Crippen molar-refractivity contribution in [2.75, 3.05) is 6.61 Å². The summed E-state index contributed by atoms with van der Waals surface area (Å²) in [5.41, 5.74) is 0. The maximum atomic E-state index is 11.0. The zero-order chi connectivity index (χ0) is 11.8. The molecule has 0 aromatic carbocycles. The molecule has 1 N–H and O–H groups in total. The van der Waals surface area contributed by atoms with Crippen molar-refractivity contribution < 1.29 is 19.4 Å². The van der Waals surface area contributed by atoms with E-state index in [0.717, 1.165) is 18.6 Å². The molecule has 0 bridgehead atoms. The van der Waals surface area contributed by atoms with E-state index in [1.165, 1.54) is 0 Å². The van der Waals surface area contributed by atoms with Crippen LogP contribution in [0.1, 0.15) is 27.2 Å². The molecule has 1 atom stereocenters. The highest BCUT2D eigenvalue weighted by Crippen LogP contribution is 2.10. The minimum Gasteiger partial charge on any atom is -0.478 e. The van der Waals surface area contributed by atoms with E-state index in [0.29, 0.717) is 18.4 Å². The lowest BCUT2D eigenvalue weighted by Gasteiger charge is -2.13. The fourth-order valence-corrected chi connectivity index (χ4v) is 1.28. The molecular weight excluding hydrogens is 196 g/mol. The molecule has 4 nitrogen and oxygen atoms in total. The summed E-state index contributed by atoms with van der Waals surface area (Å²) in [5.74, 6) is -0.893. The number of carboxylic acid groups (broad SMARTS) is 1. The van der Waals surface area contributed by atoms with E-state index < -0.39 is 11.9 Å². The van der Waals surface area contributed by atoms with Crippen molar-refractivity contribution in [3.63, 3.8) is 0 Å². The van der Waals surface area contributed by atoms with Crippen molar-refractivity contribution in [2.24, 2.45) is 11.8 Å². The average Bonchev–Trinajstić information content (AvgIpc) is 2.10. The van der Waals surface area contributed by atoms with Crippen LogP contribution in [0.4, 0.5) is 0 Å². The van der Waals surface area contributed by atoms with Gasteiger partial charge in [0.05, 0.1) is 6.61 Å². The minimum atomic E-state index is -1.15. The van der Waals surface area contributed by atoms with Gasteiger partial charge in [0.1, 0.15) is 0 Å². The van der Waals surface area contributed by atoms with Crippen LogP contribution in [-0.4, -0.2) is 23.7 Å². The lowest BCUT2D eigenvalue weighted by Crippen LogP contribution is -2.12. The van der Waals surface area contributed by atoms with Crippen molar-refractivity contribution in [1.82, 2.24) is 0 Å². The molecule has 0 aliphatic carbocycles. The van der Waals surface area contributed by atoms with Gasteiger partial charge in [-0.05, 0) is 18.3 Å². The zero-order valence-electron chi connectivity index (χ0n) is 9.40. The molecular formula is C11H18O4. The third kappa shape index (κ3) is 9.00. The van der Waals surface area contributed by atoms with Gasteiger partial charge in [-0.2, -0.15) is 0 Å². The van der Waals surface area contributed by atoms with Gasteiger partial charge in [0, 0.05) is 12.2 Å². The standard InChI is InChI=1S/C11H18O4/c1-8(2)6-9(3)7-15-11(14)5-4-10(12)13/h4-5,8-9H,6-7H2,1-3H3,(H,12,13). The highest BCUT2D eigenvalue weighted by Gasteiger charge is 2.07. The first kappa shape index (κ1) is 13.7. The molecule has 86 valence electrons. The number of esters is 1. The van der Waals surface area contributed by atoms with Crippen LogP contribution >= 0.6 is 0 Å². The van der Waals surface area contributed by atoms with Crippen LogP contribution in [0.15, 0.2) is 12.2 Å². The third-order valence-corrected chi connectivity index (χ3v) is 1.75. The largest absolute Gasteiger partial charge is 0.478 e. The number of hydrogen-bond donors (Lipinski definition) is 1. The normalized spacial score (nSPS) is 13.1.